The number of carbonyl (C=O) groups is 3. The molecule has 0 spiro atoms. The highest BCUT2D eigenvalue weighted by molar-refractivity contribution is 6.09. The second-order valence-corrected chi connectivity index (χ2v) is 5.62. The number of benzene rings is 1. The third kappa shape index (κ3) is 3.26. The molecule has 1 atom stereocenters. The van der Waals surface area contributed by atoms with E-state index in [-0.39, 0.29) is 18.4 Å². The van der Waals surface area contributed by atoms with Gasteiger partial charge in [-0.15, -0.1) is 0 Å². The minimum absolute atomic E-state index is 0.181. The molecule has 1 heterocycles. The molecule has 2 rings (SSSR count). The average molecular weight is 334 g/mol. The zero-order valence-electron chi connectivity index (χ0n) is 14.4. The molecular formula is C17H22N2O5. The fourth-order valence-corrected chi connectivity index (χ4v) is 2.97. The standard InChI is InChI=1S/C17H22N2O5/c1-11-6-5-7-13-15(11)19(10-14(21)24-4)17(22)16(13)18(12(2)20)8-9-23-3/h5-7,16H,8-10H2,1-4H3. The summed E-state index contributed by atoms with van der Waals surface area (Å²) in [5.41, 5.74) is 2.25. The number of nitrogens with zero attached hydrogens (tertiary/aromatic N) is 2. The number of methoxy groups -OCH3 is 2. The molecule has 0 aliphatic carbocycles. The molecule has 2 amide bonds. The van der Waals surface area contributed by atoms with Crippen molar-refractivity contribution in [3.8, 4) is 0 Å². The zero-order chi connectivity index (χ0) is 17.9. The molecule has 0 saturated carbocycles. The summed E-state index contributed by atoms with van der Waals surface area (Å²) in [6, 6.07) is 4.76. The van der Waals surface area contributed by atoms with E-state index in [1.807, 2.05) is 25.1 Å². The summed E-state index contributed by atoms with van der Waals surface area (Å²) in [4.78, 5) is 39.6. The predicted molar refractivity (Wildman–Crippen MR) is 87.6 cm³/mol. The molecule has 1 aromatic rings. The lowest BCUT2D eigenvalue weighted by atomic mass is 10.0. The average Bonchev–Trinajstić information content (AvgIpc) is 2.82. The number of carbonyl (C=O) groups excluding carboxylic acids is 3. The Bertz CT molecular complexity index is 658. The summed E-state index contributed by atoms with van der Waals surface area (Å²) in [6.45, 7) is 3.72. The number of esters is 1. The smallest absolute Gasteiger partial charge is 0.325 e. The number of fused-ring (bicyclic) bond motifs is 1. The van der Waals surface area contributed by atoms with E-state index in [4.69, 9.17) is 9.47 Å². The molecule has 130 valence electrons. The van der Waals surface area contributed by atoms with Crippen LogP contribution in [0.4, 0.5) is 5.69 Å². The van der Waals surface area contributed by atoms with Gasteiger partial charge in [0.15, 0.2) is 0 Å². The third-order valence-corrected chi connectivity index (χ3v) is 4.10. The van der Waals surface area contributed by atoms with Crippen LogP contribution in [0.3, 0.4) is 0 Å². The van der Waals surface area contributed by atoms with Gasteiger partial charge in [0, 0.05) is 26.1 Å². The van der Waals surface area contributed by atoms with E-state index in [0.29, 0.717) is 18.8 Å². The first-order valence-corrected chi connectivity index (χ1v) is 7.66. The highest BCUT2D eigenvalue weighted by Crippen LogP contribution is 2.41. The van der Waals surface area contributed by atoms with Crippen LogP contribution in [-0.4, -0.2) is 56.6 Å². The maximum atomic E-state index is 13.0. The molecule has 0 fully saturated rings. The predicted octanol–water partition coefficient (Wildman–Crippen LogP) is 1.05. The molecular weight excluding hydrogens is 312 g/mol. The maximum Gasteiger partial charge on any atom is 0.325 e. The fourth-order valence-electron chi connectivity index (χ4n) is 2.97. The first-order chi connectivity index (χ1) is 11.4. The van der Waals surface area contributed by atoms with E-state index in [1.165, 1.54) is 30.9 Å². The van der Waals surface area contributed by atoms with Crippen molar-refractivity contribution in [3.63, 3.8) is 0 Å². The van der Waals surface area contributed by atoms with Gasteiger partial charge in [-0.25, -0.2) is 0 Å². The van der Waals surface area contributed by atoms with Crippen molar-refractivity contribution in [2.24, 2.45) is 0 Å². The van der Waals surface area contributed by atoms with Crippen LogP contribution < -0.4 is 4.90 Å². The molecule has 0 saturated heterocycles. The third-order valence-electron chi connectivity index (χ3n) is 4.10. The lowest BCUT2D eigenvalue weighted by Crippen LogP contribution is -2.43. The molecule has 0 aromatic heterocycles. The van der Waals surface area contributed by atoms with Crippen LogP contribution in [0.5, 0.6) is 0 Å². The Balaban J connectivity index is 2.47. The quantitative estimate of drug-likeness (QED) is 0.727. The number of ether oxygens (including phenoxy) is 2. The number of para-hydroxylation sites is 1. The molecule has 0 radical (unpaired) electrons. The minimum Gasteiger partial charge on any atom is -0.468 e. The van der Waals surface area contributed by atoms with Crippen LogP contribution in [0.2, 0.25) is 0 Å². The largest absolute Gasteiger partial charge is 0.468 e. The maximum absolute atomic E-state index is 13.0. The normalized spacial score (nSPS) is 16.1. The molecule has 24 heavy (non-hydrogen) atoms. The summed E-state index contributed by atoms with van der Waals surface area (Å²) >= 11 is 0. The number of anilines is 1. The van der Waals surface area contributed by atoms with Crippen molar-refractivity contribution in [2.45, 2.75) is 19.9 Å². The SMILES string of the molecule is COCCN(C(C)=O)C1C(=O)N(CC(=O)OC)c2c(C)cccc21. The summed E-state index contributed by atoms with van der Waals surface area (Å²) < 4.78 is 9.73. The highest BCUT2D eigenvalue weighted by atomic mass is 16.5. The Morgan fingerprint density at radius 3 is 2.58 bits per heavy atom. The van der Waals surface area contributed by atoms with Gasteiger partial charge in [-0.1, -0.05) is 18.2 Å². The number of hydrogen-bond acceptors (Lipinski definition) is 5. The first-order valence-electron chi connectivity index (χ1n) is 7.66. The fraction of sp³-hybridized carbons (Fsp3) is 0.471. The van der Waals surface area contributed by atoms with E-state index in [9.17, 15) is 14.4 Å². The van der Waals surface area contributed by atoms with E-state index < -0.39 is 12.0 Å². The van der Waals surface area contributed by atoms with Gasteiger partial charge in [-0.3, -0.25) is 19.3 Å². The van der Waals surface area contributed by atoms with Crippen molar-refractivity contribution < 1.29 is 23.9 Å². The molecule has 1 aliphatic heterocycles. The van der Waals surface area contributed by atoms with E-state index in [0.717, 1.165) is 11.1 Å². The molecule has 7 heteroatoms. The van der Waals surface area contributed by atoms with Gasteiger partial charge in [0.25, 0.3) is 5.91 Å². The summed E-state index contributed by atoms with van der Waals surface area (Å²) in [5.74, 6) is -1.04. The molecule has 7 nitrogen and oxygen atoms in total. The molecule has 0 bridgehead atoms. The topological polar surface area (TPSA) is 76.2 Å². The number of rotatable bonds is 6. The number of amides is 2. The number of hydrogen-bond donors (Lipinski definition) is 0. The second-order valence-electron chi connectivity index (χ2n) is 5.62. The van der Waals surface area contributed by atoms with E-state index in [1.54, 1.807) is 0 Å². The van der Waals surface area contributed by atoms with Gasteiger partial charge in [-0.05, 0) is 12.5 Å². The lowest BCUT2D eigenvalue weighted by molar-refractivity contribution is -0.141. The Labute approximate surface area is 141 Å². The van der Waals surface area contributed by atoms with E-state index >= 15 is 0 Å². The molecule has 1 aromatic carbocycles. The van der Waals surface area contributed by atoms with Crippen molar-refractivity contribution in [1.29, 1.82) is 0 Å². The van der Waals surface area contributed by atoms with Gasteiger partial charge in [0.2, 0.25) is 5.91 Å². The summed E-state index contributed by atoms with van der Waals surface area (Å²) in [6.07, 6.45) is 0. The highest BCUT2D eigenvalue weighted by Gasteiger charge is 2.43. The van der Waals surface area contributed by atoms with Crippen LogP contribution in [-0.2, 0) is 23.9 Å². The van der Waals surface area contributed by atoms with Crippen molar-refractivity contribution in [3.05, 3.63) is 29.3 Å². The van der Waals surface area contributed by atoms with Crippen LogP contribution in [0.15, 0.2) is 18.2 Å². The Morgan fingerprint density at radius 2 is 2.00 bits per heavy atom. The van der Waals surface area contributed by atoms with Gasteiger partial charge >= 0.3 is 5.97 Å². The van der Waals surface area contributed by atoms with Crippen LogP contribution in [0.1, 0.15) is 24.1 Å². The van der Waals surface area contributed by atoms with Crippen LogP contribution in [0.25, 0.3) is 0 Å². The Kier molecular flexibility index (Phi) is 5.56. The lowest BCUT2D eigenvalue weighted by Gasteiger charge is -2.27. The van der Waals surface area contributed by atoms with Gasteiger partial charge in [-0.2, -0.15) is 0 Å². The second kappa shape index (κ2) is 7.44. The van der Waals surface area contributed by atoms with Gasteiger partial charge in [0.1, 0.15) is 12.6 Å². The molecule has 1 unspecified atom stereocenters. The Morgan fingerprint density at radius 1 is 1.29 bits per heavy atom. The first kappa shape index (κ1) is 17.9. The Hall–Kier alpha value is -2.41. The van der Waals surface area contributed by atoms with Crippen molar-refractivity contribution in [1.82, 2.24) is 4.90 Å². The van der Waals surface area contributed by atoms with Crippen molar-refractivity contribution >= 4 is 23.5 Å². The summed E-state index contributed by atoms with van der Waals surface area (Å²) in [7, 11) is 2.82. The minimum atomic E-state index is -0.753. The molecule has 1 aliphatic rings. The monoisotopic (exact) mass is 334 g/mol. The van der Waals surface area contributed by atoms with Gasteiger partial charge < -0.3 is 14.4 Å². The van der Waals surface area contributed by atoms with Crippen molar-refractivity contribution in [2.75, 3.05) is 38.8 Å². The van der Waals surface area contributed by atoms with Crippen LogP contribution >= 0.6 is 0 Å². The van der Waals surface area contributed by atoms with Crippen LogP contribution in [0, 0.1) is 6.92 Å². The van der Waals surface area contributed by atoms with Gasteiger partial charge in [0.05, 0.1) is 19.4 Å². The van der Waals surface area contributed by atoms with E-state index in [2.05, 4.69) is 0 Å². The molecule has 0 N–H and O–H groups in total. The number of aryl methyl sites for hydroxylation is 1. The summed E-state index contributed by atoms with van der Waals surface area (Å²) in [5, 5.41) is 0. The zero-order valence-corrected chi connectivity index (χ0v) is 14.4.